The molecule has 0 spiro atoms. The van der Waals surface area contributed by atoms with Crippen LogP contribution >= 0.6 is 11.6 Å². The second kappa shape index (κ2) is 3.62. The summed E-state index contributed by atoms with van der Waals surface area (Å²) in [6.07, 6.45) is -5.32. The summed E-state index contributed by atoms with van der Waals surface area (Å²) in [6, 6.07) is 5.14. The van der Waals surface area contributed by atoms with E-state index in [4.69, 9.17) is 16.9 Å². The molecule has 0 aliphatic heterocycles. The molecule has 0 heterocycles. The van der Waals surface area contributed by atoms with Gasteiger partial charge in [-0.2, -0.15) is 18.4 Å². The number of rotatable bonds is 1. The van der Waals surface area contributed by atoms with Crippen molar-refractivity contribution in [1.29, 1.82) is 5.26 Å². The van der Waals surface area contributed by atoms with Crippen LogP contribution in [0.2, 0.25) is 5.02 Å². The molecule has 1 aliphatic carbocycles. The Labute approximate surface area is 100 Å². The number of halogens is 4. The minimum atomic E-state index is -4.57. The van der Waals surface area contributed by atoms with E-state index in [0.29, 0.717) is 0 Å². The van der Waals surface area contributed by atoms with Crippen molar-refractivity contribution in [2.24, 2.45) is 0 Å². The van der Waals surface area contributed by atoms with Crippen molar-refractivity contribution in [3.63, 3.8) is 0 Å². The molecule has 1 aromatic carbocycles. The van der Waals surface area contributed by atoms with E-state index in [0.717, 1.165) is 12.1 Å². The lowest BCUT2D eigenvalue weighted by atomic mass is 9.95. The lowest BCUT2D eigenvalue weighted by Crippen LogP contribution is -2.13. The highest BCUT2D eigenvalue weighted by Crippen LogP contribution is 2.49. The third kappa shape index (κ3) is 1.88. The van der Waals surface area contributed by atoms with Crippen molar-refractivity contribution in [1.82, 2.24) is 0 Å². The first-order valence-corrected chi connectivity index (χ1v) is 5.15. The molecule has 1 aliphatic rings. The zero-order valence-corrected chi connectivity index (χ0v) is 9.18. The molecule has 6 heteroatoms. The highest BCUT2D eigenvalue weighted by atomic mass is 35.5. The fourth-order valence-corrected chi connectivity index (χ4v) is 1.99. The zero-order chi connectivity index (χ0) is 12.8. The normalized spacial score (nSPS) is 27.6. The number of benzene rings is 1. The highest BCUT2D eigenvalue weighted by Gasteiger charge is 2.56. The van der Waals surface area contributed by atoms with E-state index in [-0.39, 0.29) is 12.0 Å². The molecule has 2 nitrogen and oxygen atoms in total. The van der Waals surface area contributed by atoms with Gasteiger partial charge < -0.3 is 5.11 Å². The lowest BCUT2D eigenvalue weighted by molar-refractivity contribution is -0.137. The van der Waals surface area contributed by atoms with Gasteiger partial charge in [0.05, 0.1) is 22.8 Å². The maximum Gasteiger partial charge on any atom is 0.417 e. The van der Waals surface area contributed by atoms with E-state index in [9.17, 15) is 18.3 Å². The van der Waals surface area contributed by atoms with Crippen molar-refractivity contribution < 1.29 is 18.3 Å². The molecular weight excluding hydrogens is 255 g/mol. The van der Waals surface area contributed by atoms with Crippen molar-refractivity contribution in [2.45, 2.75) is 24.1 Å². The van der Waals surface area contributed by atoms with Gasteiger partial charge in [0.2, 0.25) is 0 Å². The average molecular weight is 262 g/mol. The van der Waals surface area contributed by atoms with E-state index in [1.54, 1.807) is 0 Å². The number of nitrogens with zero attached hydrogens (tertiary/aromatic N) is 1. The summed E-state index contributed by atoms with van der Waals surface area (Å²) in [5.74, 6) is 0. The second-order valence-electron chi connectivity index (χ2n) is 4.00. The summed E-state index contributed by atoms with van der Waals surface area (Å²) in [7, 11) is 0. The van der Waals surface area contributed by atoms with Crippen LogP contribution in [0.15, 0.2) is 18.2 Å². The minimum absolute atomic E-state index is 0.155. The van der Waals surface area contributed by atoms with Crippen LogP contribution in [0.4, 0.5) is 13.2 Å². The average Bonchev–Trinajstić information content (AvgIpc) is 2.89. The number of aliphatic hydroxyl groups is 1. The summed E-state index contributed by atoms with van der Waals surface area (Å²) in [5, 5.41) is 17.9. The molecule has 0 bridgehead atoms. The Morgan fingerprint density at radius 3 is 2.47 bits per heavy atom. The third-order valence-electron chi connectivity index (χ3n) is 2.91. The summed E-state index contributed by atoms with van der Waals surface area (Å²) in [5.41, 5.74) is -2.03. The monoisotopic (exact) mass is 261 g/mol. The SMILES string of the molecule is N#CC1(c2ccc(Cl)c(C(F)(F)F)c2)CC1O. The summed E-state index contributed by atoms with van der Waals surface area (Å²) in [4.78, 5) is 0. The smallest absolute Gasteiger partial charge is 0.391 e. The number of nitriles is 1. The molecule has 1 fully saturated rings. The van der Waals surface area contributed by atoms with Gasteiger partial charge in [0.15, 0.2) is 0 Å². The molecular formula is C11H7ClF3NO. The van der Waals surface area contributed by atoms with Gasteiger partial charge in [-0.15, -0.1) is 0 Å². The molecule has 17 heavy (non-hydrogen) atoms. The first-order valence-electron chi connectivity index (χ1n) is 4.78. The van der Waals surface area contributed by atoms with E-state index in [1.807, 2.05) is 6.07 Å². The van der Waals surface area contributed by atoms with E-state index >= 15 is 0 Å². The standard InChI is InChI=1S/C11H7ClF3NO/c12-8-2-1-6(3-7(8)11(13,14)15)10(5-16)4-9(10)17/h1-3,9,17H,4H2. The van der Waals surface area contributed by atoms with Crippen LogP contribution in [-0.2, 0) is 11.6 Å². The van der Waals surface area contributed by atoms with E-state index in [1.165, 1.54) is 6.07 Å². The number of aliphatic hydroxyl groups excluding tert-OH is 1. The quantitative estimate of drug-likeness (QED) is 0.845. The molecule has 2 unspecified atom stereocenters. The third-order valence-corrected chi connectivity index (χ3v) is 3.24. The maximum atomic E-state index is 12.6. The molecule has 2 rings (SSSR count). The Morgan fingerprint density at radius 1 is 1.47 bits per heavy atom. The molecule has 0 amide bonds. The predicted octanol–water partition coefficient (Wildman–Crippen LogP) is 2.88. The summed E-state index contributed by atoms with van der Waals surface area (Å²) < 4.78 is 37.8. The Balaban J connectivity index is 2.50. The van der Waals surface area contributed by atoms with Crippen LogP contribution in [0.3, 0.4) is 0 Å². The number of hydrogen-bond acceptors (Lipinski definition) is 2. The van der Waals surface area contributed by atoms with Crippen LogP contribution in [0, 0.1) is 11.3 Å². The molecule has 1 N–H and O–H groups in total. The number of alkyl halides is 3. The Morgan fingerprint density at radius 2 is 2.06 bits per heavy atom. The van der Waals surface area contributed by atoms with Crippen molar-refractivity contribution in [2.75, 3.05) is 0 Å². The number of hydrogen-bond donors (Lipinski definition) is 1. The van der Waals surface area contributed by atoms with E-state index in [2.05, 4.69) is 0 Å². The van der Waals surface area contributed by atoms with Gasteiger partial charge in [-0.3, -0.25) is 0 Å². The molecule has 0 aromatic heterocycles. The lowest BCUT2D eigenvalue weighted by Gasteiger charge is -2.13. The van der Waals surface area contributed by atoms with Gasteiger partial charge in [0.1, 0.15) is 5.41 Å². The van der Waals surface area contributed by atoms with Gasteiger partial charge in [-0.25, -0.2) is 0 Å². The van der Waals surface area contributed by atoms with E-state index < -0.39 is 28.3 Å². The molecule has 2 atom stereocenters. The molecule has 1 saturated carbocycles. The van der Waals surface area contributed by atoms with Crippen LogP contribution in [-0.4, -0.2) is 11.2 Å². The van der Waals surface area contributed by atoms with Crippen LogP contribution in [0.5, 0.6) is 0 Å². The zero-order valence-electron chi connectivity index (χ0n) is 8.42. The minimum Gasteiger partial charge on any atom is -0.391 e. The van der Waals surface area contributed by atoms with Gasteiger partial charge in [0.25, 0.3) is 0 Å². The largest absolute Gasteiger partial charge is 0.417 e. The highest BCUT2D eigenvalue weighted by molar-refractivity contribution is 6.31. The first-order chi connectivity index (χ1) is 7.81. The Bertz CT molecular complexity index is 508. The molecule has 1 aromatic rings. The van der Waals surface area contributed by atoms with Gasteiger partial charge in [-0.1, -0.05) is 17.7 Å². The Hall–Kier alpha value is -1.25. The second-order valence-corrected chi connectivity index (χ2v) is 4.40. The first kappa shape index (κ1) is 12.2. The Kier molecular flexibility index (Phi) is 2.60. The maximum absolute atomic E-state index is 12.6. The summed E-state index contributed by atoms with van der Waals surface area (Å²) in [6.45, 7) is 0. The van der Waals surface area contributed by atoms with Crippen LogP contribution < -0.4 is 0 Å². The molecule has 0 radical (unpaired) electrons. The van der Waals surface area contributed by atoms with Crippen LogP contribution in [0.25, 0.3) is 0 Å². The van der Waals surface area contributed by atoms with Crippen molar-refractivity contribution in [3.8, 4) is 6.07 Å². The van der Waals surface area contributed by atoms with Gasteiger partial charge in [-0.05, 0) is 17.7 Å². The van der Waals surface area contributed by atoms with Crippen molar-refractivity contribution in [3.05, 3.63) is 34.3 Å². The topological polar surface area (TPSA) is 44.0 Å². The fraction of sp³-hybridized carbons (Fsp3) is 0.364. The predicted molar refractivity (Wildman–Crippen MR) is 54.4 cm³/mol. The van der Waals surface area contributed by atoms with Crippen LogP contribution in [0.1, 0.15) is 17.5 Å². The van der Waals surface area contributed by atoms with Crippen molar-refractivity contribution >= 4 is 11.6 Å². The fourth-order valence-electron chi connectivity index (χ4n) is 1.76. The van der Waals surface area contributed by atoms with Gasteiger partial charge in [0, 0.05) is 6.42 Å². The van der Waals surface area contributed by atoms with Gasteiger partial charge >= 0.3 is 6.18 Å². The summed E-state index contributed by atoms with van der Waals surface area (Å²) >= 11 is 5.47. The molecule has 0 saturated heterocycles. The molecule has 90 valence electrons.